The summed E-state index contributed by atoms with van der Waals surface area (Å²) in [7, 11) is 1.62. The molecule has 4 N–H and O–H groups in total. The molecule has 2 rings (SSSR count). The number of hydrogen-bond donors (Lipinski definition) is 4. The van der Waals surface area contributed by atoms with Gasteiger partial charge in [-0.2, -0.15) is 0 Å². The maximum absolute atomic E-state index is 12.2. The first-order chi connectivity index (χ1) is 14.9. The highest BCUT2D eigenvalue weighted by molar-refractivity contribution is 5.97. The van der Waals surface area contributed by atoms with E-state index in [9.17, 15) is 14.4 Å². The summed E-state index contributed by atoms with van der Waals surface area (Å²) in [5.74, 6) is -0.521. The Kier molecular flexibility index (Phi) is 9.51. The zero-order chi connectivity index (χ0) is 22.6. The topological polar surface area (TPSA) is 109 Å². The molecule has 0 unspecified atom stereocenters. The number of anilines is 2. The summed E-state index contributed by atoms with van der Waals surface area (Å²) in [6.45, 7) is 5.01. The zero-order valence-corrected chi connectivity index (χ0v) is 18.2. The lowest BCUT2D eigenvalue weighted by Gasteiger charge is -2.10. The quantitative estimate of drug-likeness (QED) is 0.413. The van der Waals surface area contributed by atoms with Crippen LogP contribution in [-0.2, 0) is 9.53 Å². The fourth-order valence-corrected chi connectivity index (χ4v) is 2.70. The van der Waals surface area contributed by atoms with Gasteiger partial charge in [-0.25, -0.2) is 0 Å². The van der Waals surface area contributed by atoms with E-state index in [1.165, 1.54) is 0 Å². The normalized spacial score (nSPS) is 10.5. The van der Waals surface area contributed by atoms with Gasteiger partial charge in [0, 0.05) is 48.8 Å². The summed E-state index contributed by atoms with van der Waals surface area (Å²) < 4.78 is 4.95. The minimum absolute atomic E-state index is 0.0577. The first-order valence-electron chi connectivity index (χ1n) is 10.2. The van der Waals surface area contributed by atoms with Gasteiger partial charge >= 0.3 is 0 Å². The van der Waals surface area contributed by atoms with Gasteiger partial charge in [0.2, 0.25) is 5.91 Å². The molecule has 31 heavy (non-hydrogen) atoms. The van der Waals surface area contributed by atoms with Gasteiger partial charge in [0.1, 0.15) is 0 Å². The minimum atomic E-state index is -0.223. The fourth-order valence-electron chi connectivity index (χ4n) is 2.70. The summed E-state index contributed by atoms with van der Waals surface area (Å²) in [6.07, 6.45) is 0.755. The Bertz CT molecular complexity index is 864. The molecule has 2 aromatic carbocycles. The number of carbonyl (C=O) groups is 3. The molecule has 0 saturated carbocycles. The van der Waals surface area contributed by atoms with Crippen LogP contribution in [-0.4, -0.2) is 50.6 Å². The van der Waals surface area contributed by atoms with Crippen LogP contribution in [0.25, 0.3) is 0 Å². The lowest BCUT2D eigenvalue weighted by Crippen LogP contribution is -2.30. The van der Waals surface area contributed by atoms with E-state index < -0.39 is 0 Å². The van der Waals surface area contributed by atoms with Crippen LogP contribution in [0.4, 0.5) is 11.4 Å². The van der Waals surface area contributed by atoms with E-state index in [1.807, 2.05) is 13.8 Å². The minimum Gasteiger partial charge on any atom is -0.385 e. The molecule has 0 fully saturated rings. The molecule has 0 saturated heterocycles. The van der Waals surface area contributed by atoms with E-state index in [0.717, 1.165) is 12.1 Å². The third kappa shape index (κ3) is 8.47. The highest BCUT2D eigenvalue weighted by Gasteiger charge is 2.08. The molecule has 8 heteroatoms. The van der Waals surface area contributed by atoms with Gasteiger partial charge in [-0.1, -0.05) is 0 Å². The van der Waals surface area contributed by atoms with Gasteiger partial charge in [0.25, 0.3) is 11.8 Å². The Morgan fingerprint density at radius 1 is 0.871 bits per heavy atom. The second-order valence-corrected chi connectivity index (χ2v) is 7.29. The van der Waals surface area contributed by atoms with Crippen LogP contribution < -0.4 is 21.3 Å². The highest BCUT2D eigenvalue weighted by Crippen LogP contribution is 2.11. The molecule has 0 aromatic heterocycles. The van der Waals surface area contributed by atoms with Gasteiger partial charge in [-0.3, -0.25) is 14.4 Å². The lowest BCUT2D eigenvalue weighted by molar-refractivity contribution is -0.114. The van der Waals surface area contributed by atoms with Crippen molar-refractivity contribution in [1.29, 1.82) is 0 Å². The Hall–Kier alpha value is -3.39. The Morgan fingerprint density at radius 2 is 1.45 bits per heavy atom. The summed E-state index contributed by atoms with van der Waals surface area (Å²) in [5, 5.41) is 11.4. The molecule has 2 aromatic rings. The molecule has 3 amide bonds. The molecule has 0 aliphatic heterocycles. The second kappa shape index (κ2) is 12.3. The van der Waals surface area contributed by atoms with Crippen molar-refractivity contribution in [2.45, 2.75) is 26.3 Å². The van der Waals surface area contributed by atoms with E-state index in [-0.39, 0.29) is 30.3 Å². The molecule has 0 heterocycles. The Labute approximate surface area is 182 Å². The molecule has 0 aliphatic carbocycles. The van der Waals surface area contributed by atoms with Crippen molar-refractivity contribution in [3.8, 4) is 0 Å². The number of rotatable bonds is 11. The molecular weight excluding hydrogens is 396 g/mol. The van der Waals surface area contributed by atoms with Gasteiger partial charge in [0.05, 0.1) is 6.54 Å². The van der Waals surface area contributed by atoms with Crippen molar-refractivity contribution < 1.29 is 19.1 Å². The maximum atomic E-state index is 12.2. The molecule has 166 valence electrons. The zero-order valence-electron chi connectivity index (χ0n) is 18.2. The number of hydrogen-bond acceptors (Lipinski definition) is 5. The predicted octanol–water partition coefficient (Wildman–Crippen LogP) is 2.64. The number of benzene rings is 2. The molecule has 0 atom stereocenters. The van der Waals surface area contributed by atoms with Crippen molar-refractivity contribution in [1.82, 2.24) is 10.6 Å². The van der Waals surface area contributed by atoms with Crippen molar-refractivity contribution in [3.63, 3.8) is 0 Å². The van der Waals surface area contributed by atoms with Crippen molar-refractivity contribution in [2.24, 2.45) is 0 Å². The monoisotopic (exact) mass is 426 g/mol. The van der Waals surface area contributed by atoms with Gasteiger partial charge in [-0.05, 0) is 68.8 Å². The van der Waals surface area contributed by atoms with Gasteiger partial charge < -0.3 is 26.0 Å². The van der Waals surface area contributed by atoms with Gasteiger partial charge in [0.15, 0.2) is 0 Å². The summed E-state index contributed by atoms with van der Waals surface area (Å²) in [4.78, 5) is 36.2. The third-order valence-corrected chi connectivity index (χ3v) is 4.26. The smallest absolute Gasteiger partial charge is 0.251 e. The maximum Gasteiger partial charge on any atom is 0.251 e. The lowest BCUT2D eigenvalue weighted by atomic mass is 10.2. The predicted molar refractivity (Wildman–Crippen MR) is 121 cm³/mol. The summed E-state index contributed by atoms with van der Waals surface area (Å²) in [6, 6.07) is 13.7. The SMILES string of the molecule is COCCCNC(=O)c1ccc(NCC(=O)Nc2ccc(C(=O)NC(C)C)cc2)cc1. The molecule has 8 nitrogen and oxygen atoms in total. The second-order valence-electron chi connectivity index (χ2n) is 7.29. The summed E-state index contributed by atoms with van der Waals surface area (Å²) >= 11 is 0. The fraction of sp³-hybridized carbons (Fsp3) is 0.348. The van der Waals surface area contributed by atoms with E-state index in [1.54, 1.807) is 55.6 Å². The van der Waals surface area contributed by atoms with Crippen molar-refractivity contribution in [2.75, 3.05) is 37.4 Å². The standard InChI is InChI=1S/C23H30N4O4/c1-16(2)26-23(30)18-7-11-20(12-8-18)27-21(28)15-25-19-9-5-17(6-10-19)22(29)24-13-4-14-31-3/h5-12,16,25H,4,13-15H2,1-3H3,(H,24,29)(H,26,30)(H,27,28). The number of carbonyl (C=O) groups excluding carboxylic acids is 3. The average Bonchev–Trinajstić information content (AvgIpc) is 2.75. The van der Waals surface area contributed by atoms with Crippen LogP contribution in [0.1, 0.15) is 41.0 Å². The van der Waals surface area contributed by atoms with Crippen LogP contribution in [0.3, 0.4) is 0 Å². The number of ether oxygens (including phenoxy) is 1. The van der Waals surface area contributed by atoms with E-state index in [0.29, 0.717) is 30.0 Å². The first kappa shape index (κ1) is 23.9. The number of methoxy groups -OCH3 is 1. The Balaban J connectivity index is 1.78. The summed E-state index contributed by atoms with van der Waals surface area (Å²) in [5.41, 5.74) is 2.42. The largest absolute Gasteiger partial charge is 0.385 e. The molecule has 0 radical (unpaired) electrons. The van der Waals surface area contributed by atoms with Gasteiger partial charge in [-0.15, -0.1) is 0 Å². The molecular formula is C23H30N4O4. The Morgan fingerprint density at radius 3 is 2.03 bits per heavy atom. The van der Waals surface area contributed by atoms with E-state index in [4.69, 9.17) is 4.74 Å². The third-order valence-electron chi connectivity index (χ3n) is 4.26. The molecule has 0 aliphatic rings. The molecule has 0 spiro atoms. The average molecular weight is 427 g/mol. The van der Waals surface area contributed by atoms with Crippen LogP contribution in [0, 0.1) is 0 Å². The van der Waals surface area contributed by atoms with Crippen molar-refractivity contribution in [3.05, 3.63) is 59.7 Å². The van der Waals surface area contributed by atoms with E-state index >= 15 is 0 Å². The molecule has 0 bridgehead atoms. The van der Waals surface area contributed by atoms with Crippen LogP contribution in [0.2, 0.25) is 0 Å². The van der Waals surface area contributed by atoms with Crippen LogP contribution in [0.15, 0.2) is 48.5 Å². The first-order valence-corrected chi connectivity index (χ1v) is 10.2. The number of amides is 3. The van der Waals surface area contributed by atoms with E-state index in [2.05, 4.69) is 21.3 Å². The van der Waals surface area contributed by atoms with Crippen LogP contribution in [0.5, 0.6) is 0 Å². The number of nitrogens with one attached hydrogen (secondary N) is 4. The highest BCUT2D eigenvalue weighted by atomic mass is 16.5. The van der Waals surface area contributed by atoms with Crippen molar-refractivity contribution >= 4 is 29.1 Å². The van der Waals surface area contributed by atoms with Crippen LogP contribution >= 0.6 is 0 Å².